The zero-order valence-corrected chi connectivity index (χ0v) is 10.3. The molecule has 0 radical (unpaired) electrons. The third kappa shape index (κ3) is 8.21. The lowest BCUT2D eigenvalue weighted by molar-refractivity contribution is -0.126. The maximum absolute atomic E-state index is 11.4. The normalized spacial score (nSPS) is 10.1. The highest BCUT2D eigenvalue weighted by atomic mass is 16.2. The number of hydrogen-bond donors (Lipinski definition) is 3. The summed E-state index contributed by atoms with van der Waals surface area (Å²) in [5.41, 5.74) is 7.36. The number of imide groups is 1. The fourth-order valence-corrected chi connectivity index (χ4v) is 1.26. The Labute approximate surface area is 101 Å². The summed E-state index contributed by atoms with van der Waals surface area (Å²) in [6.07, 6.45) is 1.28. The molecule has 7 nitrogen and oxygen atoms in total. The second-order valence-electron chi connectivity index (χ2n) is 3.62. The van der Waals surface area contributed by atoms with E-state index in [1.807, 2.05) is 19.2 Å². The molecule has 0 aliphatic rings. The first-order valence-corrected chi connectivity index (χ1v) is 5.63. The maximum atomic E-state index is 11.4. The molecule has 0 heterocycles. The van der Waals surface area contributed by atoms with Crippen LogP contribution in [0.3, 0.4) is 0 Å². The second-order valence-corrected chi connectivity index (χ2v) is 3.62. The quantitative estimate of drug-likeness (QED) is 0.423. The second kappa shape index (κ2) is 8.51. The van der Waals surface area contributed by atoms with E-state index in [4.69, 9.17) is 5.73 Å². The predicted molar refractivity (Wildman–Crippen MR) is 62.6 cm³/mol. The van der Waals surface area contributed by atoms with Gasteiger partial charge in [-0.2, -0.15) is 0 Å². The highest BCUT2D eigenvalue weighted by Crippen LogP contribution is 1.89. The smallest absolute Gasteiger partial charge is 0.335 e. The van der Waals surface area contributed by atoms with Crippen LogP contribution in [0.25, 0.3) is 0 Å². The summed E-state index contributed by atoms with van der Waals surface area (Å²) in [6.45, 7) is 5.37. The van der Waals surface area contributed by atoms with Crippen LogP contribution >= 0.6 is 0 Å². The summed E-state index contributed by atoms with van der Waals surface area (Å²) in [7, 11) is 0. The van der Waals surface area contributed by atoms with Gasteiger partial charge in [-0.15, -0.1) is 0 Å². The van der Waals surface area contributed by atoms with Gasteiger partial charge in [0.05, 0.1) is 0 Å². The van der Waals surface area contributed by atoms with Crippen LogP contribution in [0.1, 0.15) is 33.1 Å². The number of nitrogens with zero attached hydrogens (tertiary/aromatic N) is 1. The Balaban J connectivity index is 4.04. The molecule has 0 unspecified atom stereocenters. The summed E-state index contributed by atoms with van der Waals surface area (Å²) in [6, 6.07) is -0.641. The molecule has 0 fully saturated rings. The number of nitrogens with two attached hydrogens (primary N) is 1. The van der Waals surface area contributed by atoms with Crippen molar-refractivity contribution < 1.29 is 14.4 Å². The van der Waals surface area contributed by atoms with Crippen LogP contribution < -0.4 is 16.5 Å². The molecule has 0 saturated heterocycles. The summed E-state index contributed by atoms with van der Waals surface area (Å²) in [4.78, 5) is 32.9. The zero-order chi connectivity index (χ0) is 13.3. The summed E-state index contributed by atoms with van der Waals surface area (Å²) in [5, 5.41) is 3.74. The third-order valence-electron chi connectivity index (χ3n) is 1.83. The minimum atomic E-state index is -0.769. The van der Waals surface area contributed by atoms with Gasteiger partial charge in [0.1, 0.15) is 6.42 Å². The van der Waals surface area contributed by atoms with Crippen molar-refractivity contribution in [3.8, 4) is 0 Å². The van der Waals surface area contributed by atoms with E-state index in [0.717, 1.165) is 12.8 Å². The number of carbonyl (C=O) groups excluding carboxylic acids is 3. The van der Waals surface area contributed by atoms with Gasteiger partial charge in [0, 0.05) is 13.1 Å². The summed E-state index contributed by atoms with van der Waals surface area (Å²) < 4.78 is 0. The van der Waals surface area contributed by atoms with Gasteiger partial charge in [-0.3, -0.25) is 20.3 Å². The number of nitrogens with one attached hydrogen (secondary N) is 2. The summed E-state index contributed by atoms with van der Waals surface area (Å²) >= 11 is 0. The van der Waals surface area contributed by atoms with Crippen molar-refractivity contribution in [3.05, 3.63) is 0 Å². The van der Waals surface area contributed by atoms with Crippen molar-refractivity contribution in [1.82, 2.24) is 15.8 Å². The van der Waals surface area contributed by atoms with Crippen LogP contribution in [0.15, 0.2) is 0 Å². The Kier molecular flexibility index (Phi) is 7.70. The van der Waals surface area contributed by atoms with Gasteiger partial charge in [0.2, 0.25) is 11.8 Å². The number of carbonyl (C=O) groups is 3. The van der Waals surface area contributed by atoms with Gasteiger partial charge in [0.15, 0.2) is 0 Å². The topological polar surface area (TPSA) is 105 Å². The van der Waals surface area contributed by atoms with Crippen molar-refractivity contribution in [3.63, 3.8) is 0 Å². The lowest BCUT2D eigenvalue weighted by Gasteiger charge is -2.21. The molecule has 0 bridgehead atoms. The molecule has 4 N–H and O–H groups in total. The number of primary amides is 1. The molecular formula is C10H20N4O3. The van der Waals surface area contributed by atoms with E-state index in [2.05, 4.69) is 5.43 Å². The molecule has 0 aromatic carbocycles. The van der Waals surface area contributed by atoms with Crippen molar-refractivity contribution in [2.75, 3.05) is 13.1 Å². The van der Waals surface area contributed by atoms with E-state index in [1.165, 1.54) is 0 Å². The van der Waals surface area contributed by atoms with E-state index in [1.54, 1.807) is 5.01 Å². The molecule has 17 heavy (non-hydrogen) atoms. The molecule has 0 aliphatic carbocycles. The number of rotatable bonds is 7. The SMILES string of the molecule is CCCN(CCC)NC(=O)NC(=O)CC(N)=O. The molecule has 7 heteroatoms. The first kappa shape index (κ1) is 15.4. The summed E-state index contributed by atoms with van der Waals surface area (Å²) in [5.74, 6) is -1.47. The van der Waals surface area contributed by atoms with E-state index >= 15 is 0 Å². The Hall–Kier alpha value is -1.63. The largest absolute Gasteiger partial charge is 0.369 e. The van der Waals surface area contributed by atoms with Crippen LogP contribution in [0.2, 0.25) is 0 Å². The Bertz CT molecular complexity index is 275. The average Bonchev–Trinajstić information content (AvgIpc) is 2.16. The van der Waals surface area contributed by atoms with Crippen LogP contribution in [-0.2, 0) is 9.59 Å². The molecule has 0 atom stereocenters. The van der Waals surface area contributed by atoms with E-state index in [0.29, 0.717) is 13.1 Å². The standard InChI is InChI=1S/C10H20N4O3/c1-3-5-14(6-4-2)13-10(17)12-9(16)7-8(11)15/h3-7H2,1-2H3,(H2,11,15)(H2,12,13,16,17). The zero-order valence-electron chi connectivity index (χ0n) is 10.3. The average molecular weight is 244 g/mol. The first-order chi connectivity index (χ1) is 7.99. The maximum Gasteiger partial charge on any atom is 0.335 e. The van der Waals surface area contributed by atoms with E-state index in [-0.39, 0.29) is 0 Å². The molecular weight excluding hydrogens is 224 g/mol. The molecule has 98 valence electrons. The molecule has 4 amide bonds. The molecule has 0 spiro atoms. The minimum Gasteiger partial charge on any atom is -0.369 e. The van der Waals surface area contributed by atoms with Gasteiger partial charge >= 0.3 is 6.03 Å². The Morgan fingerprint density at radius 2 is 1.65 bits per heavy atom. The Morgan fingerprint density at radius 1 is 1.12 bits per heavy atom. The minimum absolute atomic E-state index is 0.491. The number of urea groups is 1. The number of amides is 4. The van der Waals surface area contributed by atoms with Crippen LogP contribution in [0.5, 0.6) is 0 Å². The monoisotopic (exact) mass is 244 g/mol. The molecule has 0 aromatic heterocycles. The van der Waals surface area contributed by atoms with Crippen LogP contribution in [-0.4, -0.2) is 35.9 Å². The van der Waals surface area contributed by atoms with Crippen LogP contribution in [0.4, 0.5) is 4.79 Å². The van der Waals surface area contributed by atoms with Gasteiger partial charge in [-0.25, -0.2) is 9.80 Å². The fraction of sp³-hybridized carbons (Fsp3) is 0.700. The third-order valence-corrected chi connectivity index (χ3v) is 1.83. The highest BCUT2D eigenvalue weighted by molar-refractivity contribution is 6.03. The lowest BCUT2D eigenvalue weighted by atomic mass is 10.4. The van der Waals surface area contributed by atoms with Crippen LogP contribution in [0, 0.1) is 0 Å². The van der Waals surface area contributed by atoms with E-state index < -0.39 is 24.3 Å². The van der Waals surface area contributed by atoms with Gasteiger partial charge < -0.3 is 5.73 Å². The van der Waals surface area contributed by atoms with Crippen molar-refractivity contribution in [1.29, 1.82) is 0 Å². The number of hydrazine groups is 1. The molecule has 0 aromatic rings. The van der Waals surface area contributed by atoms with E-state index in [9.17, 15) is 14.4 Å². The van der Waals surface area contributed by atoms with Gasteiger partial charge in [-0.1, -0.05) is 13.8 Å². The van der Waals surface area contributed by atoms with Crippen molar-refractivity contribution in [2.45, 2.75) is 33.1 Å². The molecule has 0 aliphatic heterocycles. The fourth-order valence-electron chi connectivity index (χ4n) is 1.26. The van der Waals surface area contributed by atoms with Crippen molar-refractivity contribution in [2.24, 2.45) is 5.73 Å². The van der Waals surface area contributed by atoms with Gasteiger partial charge in [-0.05, 0) is 12.8 Å². The highest BCUT2D eigenvalue weighted by Gasteiger charge is 2.12. The lowest BCUT2D eigenvalue weighted by Crippen LogP contribution is -2.49. The van der Waals surface area contributed by atoms with Gasteiger partial charge in [0.25, 0.3) is 0 Å². The predicted octanol–water partition coefficient (Wildman–Crippen LogP) is -0.275. The number of hydrogen-bond acceptors (Lipinski definition) is 4. The van der Waals surface area contributed by atoms with Crippen molar-refractivity contribution >= 4 is 17.8 Å². The molecule has 0 rings (SSSR count). The first-order valence-electron chi connectivity index (χ1n) is 5.63. The Morgan fingerprint density at radius 3 is 2.06 bits per heavy atom. The molecule has 0 saturated carbocycles.